The first kappa shape index (κ1) is 19.1. The third-order valence-electron chi connectivity index (χ3n) is 4.75. The Morgan fingerprint density at radius 1 is 1.27 bits per heavy atom. The predicted octanol–water partition coefficient (Wildman–Crippen LogP) is 4.55. The molecule has 140 valence electrons. The van der Waals surface area contributed by atoms with E-state index in [1.54, 1.807) is 12.1 Å². The molecule has 5 nitrogen and oxygen atoms in total. The first-order valence-corrected chi connectivity index (χ1v) is 10.6. The molecule has 1 saturated carbocycles. The van der Waals surface area contributed by atoms with Crippen LogP contribution in [-0.2, 0) is 4.79 Å². The lowest BCUT2D eigenvalue weighted by atomic mass is 9.87. The average molecular weight is 395 g/mol. The van der Waals surface area contributed by atoms with Crippen LogP contribution >= 0.6 is 23.1 Å². The van der Waals surface area contributed by atoms with E-state index < -0.39 is 0 Å². The highest BCUT2D eigenvalue weighted by atomic mass is 32.2. The minimum absolute atomic E-state index is 0.137. The van der Waals surface area contributed by atoms with E-state index in [0.29, 0.717) is 16.9 Å². The molecule has 8 heteroatoms. The lowest BCUT2D eigenvalue weighted by Crippen LogP contribution is -2.40. The van der Waals surface area contributed by atoms with E-state index in [9.17, 15) is 9.18 Å². The van der Waals surface area contributed by atoms with Gasteiger partial charge in [0.1, 0.15) is 5.82 Å². The van der Waals surface area contributed by atoms with Crippen LogP contribution in [0.3, 0.4) is 0 Å². The van der Waals surface area contributed by atoms with Crippen LogP contribution < -0.4 is 5.32 Å². The Morgan fingerprint density at radius 2 is 1.96 bits per heavy atom. The number of hydrogen-bond acceptors (Lipinski definition) is 6. The number of aromatic nitrogens is 2. The molecule has 2 aromatic rings. The van der Waals surface area contributed by atoms with Crippen molar-refractivity contribution >= 4 is 39.8 Å². The maximum atomic E-state index is 12.9. The molecule has 0 saturated heterocycles. The summed E-state index contributed by atoms with van der Waals surface area (Å²) in [6.45, 7) is 2.28. The van der Waals surface area contributed by atoms with Gasteiger partial charge in [-0.15, -0.1) is 10.2 Å². The molecular weight excluding hydrogens is 371 g/mol. The normalized spacial score (nSPS) is 20.0. The number of carbonyl (C=O) groups is 1. The van der Waals surface area contributed by atoms with Gasteiger partial charge in [0.15, 0.2) is 4.34 Å². The van der Waals surface area contributed by atoms with Crippen LogP contribution in [0.2, 0.25) is 0 Å². The monoisotopic (exact) mass is 394 g/mol. The minimum atomic E-state index is -0.279. The topological polar surface area (TPSA) is 58.1 Å². The highest BCUT2D eigenvalue weighted by Crippen LogP contribution is 2.29. The van der Waals surface area contributed by atoms with Gasteiger partial charge in [-0.1, -0.05) is 30.0 Å². The van der Waals surface area contributed by atoms with Gasteiger partial charge < -0.3 is 10.2 Å². The van der Waals surface area contributed by atoms with E-state index in [0.717, 1.165) is 28.8 Å². The summed E-state index contributed by atoms with van der Waals surface area (Å²) in [5, 5.41) is 11.9. The van der Waals surface area contributed by atoms with E-state index in [1.807, 2.05) is 11.9 Å². The Labute approximate surface area is 161 Å². The number of hydrogen-bond donors (Lipinski definition) is 1. The van der Waals surface area contributed by atoms with Crippen LogP contribution in [0.25, 0.3) is 0 Å². The summed E-state index contributed by atoms with van der Waals surface area (Å²) in [6, 6.07) is 6.43. The molecule has 3 rings (SSSR count). The highest BCUT2D eigenvalue weighted by molar-refractivity contribution is 8.01. The zero-order valence-corrected chi connectivity index (χ0v) is 16.6. The van der Waals surface area contributed by atoms with Crippen molar-refractivity contribution in [2.24, 2.45) is 5.92 Å². The van der Waals surface area contributed by atoms with Gasteiger partial charge in [0.25, 0.3) is 0 Å². The van der Waals surface area contributed by atoms with Gasteiger partial charge in [-0.05, 0) is 55.9 Å². The van der Waals surface area contributed by atoms with Crippen LogP contribution in [0.5, 0.6) is 0 Å². The Kier molecular flexibility index (Phi) is 6.48. The third kappa shape index (κ3) is 5.17. The largest absolute Gasteiger partial charge is 0.342 e. The summed E-state index contributed by atoms with van der Waals surface area (Å²) in [6.07, 6.45) is 4.59. The SMILES string of the molecule is CC1CCC(N(C)C(=O)CSc2nnc(Nc3ccc(F)cc3)s2)CC1. The van der Waals surface area contributed by atoms with Gasteiger partial charge in [0.2, 0.25) is 11.0 Å². The van der Waals surface area contributed by atoms with Crippen molar-refractivity contribution in [1.29, 1.82) is 0 Å². The number of rotatable bonds is 6. The van der Waals surface area contributed by atoms with Crippen molar-refractivity contribution in [3.63, 3.8) is 0 Å². The van der Waals surface area contributed by atoms with Crippen molar-refractivity contribution in [3.05, 3.63) is 30.1 Å². The number of amides is 1. The highest BCUT2D eigenvalue weighted by Gasteiger charge is 2.24. The molecule has 0 spiro atoms. The fourth-order valence-corrected chi connectivity index (χ4v) is 4.73. The van der Waals surface area contributed by atoms with Gasteiger partial charge in [-0.2, -0.15) is 0 Å². The van der Waals surface area contributed by atoms with Crippen LogP contribution in [0.4, 0.5) is 15.2 Å². The number of benzene rings is 1. The summed E-state index contributed by atoms with van der Waals surface area (Å²) in [5.74, 6) is 1.00. The molecule has 1 amide bonds. The van der Waals surface area contributed by atoms with E-state index in [1.165, 1.54) is 48.1 Å². The summed E-state index contributed by atoms with van der Waals surface area (Å²) in [4.78, 5) is 14.3. The summed E-state index contributed by atoms with van der Waals surface area (Å²) in [7, 11) is 1.91. The standard InChI is InChI=1S/C18H23FN4OS2/c1-12-3-9-15(10-4-12)23(2)16(24)11-25-18-22-21-17(26-18)20-14-7-5-13(19)6-8-14/h5-8,12,15H,3-4,9-11H2,1-2H3,(H,20,21). The average Bonchev–Trinajstić information content (AvgIpc) is 3.09. The molecule has 0 radical (unpaired) electrons. The molecule has 1 heterocycles. The Hall–Kier alpha value is -1.67. The van der Waals surface area contributed by atoms with E-state index in [-0.39, 0.29) is 11.7 Å². The molecule has 0 aliphatic heterocycles. The number of nitrogens with one attached hydrogen (secondary N) is 1. The Bertz CT molecular complexity index is 729. The number of thioether (sulfide) groups is 1. The fraction of sp³-hybridized carbons (Fsp3) is 0.500. The molecule has 1 aliphatic carbocycles. The number of anilines is 2. The quantitative estimate of drug-likeness (QED) is 0.729. The first-order valence-electron chi connectivity index (χ1n) is 8.76. The van der Waals surface area contributed by atoms with Crippen molar-refractivity contribution in [1.82, 2.24) is 15.1 Å². The summed E-state index contributed by atoms with van der Waals surface area (Å²) in [5.41, 5.74) is 0.751. The smallest absolute Gasteiger partial charge is 0.233 e. The number of carbonyl (C=O) groups excluding carboxylic acids is 1. The van der Waals surface area contributed by atoms with Crippen molar-refractivity contribution in [3.8, 4) is 0 Å². The maximum Gasteiger partial charge on any atom is 0.233 e. The molecule has 1 aromatic heterocycles. The maximum absolute atomic E-state index is 12.9. The van der Waals surface area contributed by atoms with Crippen LogP contribution in [0, 0.1) is 11.7 Å². The minimum Gasteiger partial charge on any atom is -0.342 e. The second-order valence-electron chi connectivity index (χ2n) is 6.71. The van der Waals surface area contributed by atoms with Crippen LogP contribution in [0.1, 0.15) is 32.6 Å². The van der Waals surface area contributed by atoms with E-state index in [4.69, 9.17) is 0 Å². The molecule has 0 bridgehead atoms. The Balaban J connectivity index is 1.48. The van der Waals surface area contributed by atoms with E-state index in [2.05, 4.69) is 22.4 Å². The van der Waals surface area contributed by atoms with E-state index >= 15 is 0 Å². The van der Waals surface area contributed by atoms with Crippen LogP contribution in [-0.4, -0.2) is 39.8 Å². The lowest BCUT2D eigenvalue weighted by Gasteiger charge is -2.33. The molecule has 1 N–H and O–H groups in total. The van der Waals surface area contributed by atoms with Crippen molar-refractivity contribution < 1.29 is 9.18 Å². The Morgan fingerprint density at radius 3 is 2.65 bits per heavy atom. The lowest BCUT2D eigenvalue weighted by molar-refractivity contribution is -0.129. The van der Waals surface area contributed by atoms with Crippen molar-refractivity contribution in [2.45, 2.75) is 43.0 Å². The van der Waals surface area contributed by atoms with Crippen LogP contribution in [0.15, 0.2) is 28.6 Å². The van der Waals surface area contributed by atoms with Gasteiger partial charge in [-0.3, -0.25) is 4.79 Å². The summed E-state index contributed by atoms with van der Waals surface area (Å²) >= 11 is 2.80. The number of halogens is 1. The molecule has 1 fully saturated rings. The zero-order valence-electron chi connectivity index (χ0n) is 14.9. The zero-order chi connectivity index (χ0) is 18.5. The van der Waals surface area contributed by atoms with Gasteiger partial charge in [0.05, 0.1) is 5.75 Å². The number of nitrogens with zero attached hydrogens (tertiary/aromatic N) is 3. The van der Waals surface area contributed by atoms with Crippen molar-refractivity contribution in [2.75, 3.05) is 18.1 Å². The van der Waals surface area contributed by atoms with Gasteiger partial charge in [-0.25, -0.2) is 4.39 Å². The predicted molar refractivity (Wildman–Crippen MR) is 105 cm³/mol. The molecule has 0 atom stereocenters. The third-order valence-corrected chi connectivity index (χ3v) is 6.70. The van der Waals surface area contributed by atoms with Gasteiger partial charge >= 0.3 is 0 Å². The molecule has 1 aromatic carbocycles. The molecule has 26 heavy (non-hydrogen) atoms. The second kappa shape index (κ2) is 8.81. The molecule has 1 aliphatic rings. The summed E-state index contributed by atoms with van der Waals surface area (Å²) < 4.78 is 13.7. The molecular formula is C18H23FN4OS2. The second-order valence-corrected chi connectivity index (χ2v) is 8.91. The molecule has 0 unspecified atom stereocenters. The van der Waals surface area contributed by atoms with Gasteiger partial charge in [0, 0.05) is 18.8 Å². The fourth-order valence-electron chi connectivity index (χ4n) is 3.03. The first-order chi connectivity index (χ1) is 12.5.